The van der Waals surface area contributed by atoms with Crippen molar-refractivity contribution in [3.05, 3.63) is 30.3 Å². The number of hydrogen-bond donors (Lipinski definition) is 2. The summed E-state index contributed by atoms with van der Waals surface area (Å²) in [6.07, 6.45) is 1.00. The molecule has 24 heavy (non-hydrogen) atoms. The van der Waals surface area contributed by atoms with Gasteiger partial charge in [-0.25, -0.2) is 4.79 Å². The number of carbonyl (C=O) groups excluding carboxylic acids is 2. The van der Waals surface area contributed by atoms with E-state index < -0.39 is 17.4 Å². The standard InChI is InChI=1S/C17H21N3O4/c1-19-14(21)11-13(15(22)23)17(19)7-9-20(10-8-17)16(24)18-12-5-3-2-4-6-12/h2-6,13H,7-11H2,1H3,(H,18,24)(H,22,23)/t13-/m0/s1. The zero-order valence-electron chi connectivity index (χ0n) is 13.6. The molecule has 2 fully saturated rings. The highest BCUT2D eigenvalue weighted by Gasteiger charge is 2.55. The summed E-state index contributed by atoms with van der Waals surface area (Å²) in [7, 11) is 1.67. The van der Waals surface area contributed by atoms with E-state index in [1.165, 1.54) is 0 Å². The molecule has 0 aliphatic carbocycles. The van der Waals surface area contributed by atoms with Gasteiger partial charge in [0.1, 0.15) is 0 Å². The van der Waals surface area contributed by atoms with E-state index in [0.717, 1.165) is 5.69 Å². The number of rotatable bonds is 2. The van der Waals surface area contributed by atoms with Crippen LogP contribution in [0.5, 0.6) is 0 Å². The number of carboxylic acids is 1. The third-order valence-corrected chi connectivity index (χ3v) is 5.31. The smallest absolute Gasteiger partial charge is 0.321 e. The van der Waals surface area contributed by atoms with Gasteiger partial charge < -0.3 is 20.2 Å². The fraction of sp³-hybridized carbons (Fsp3) is 0.471. The monoisotopic (exact) mass is 331 g/mol. The maximum absolute atomic E-state index is 12.4. The van der Waals surface area contributed by atoms with Crippen LogP contribution in [-0.2, 0) is 9.59 Å². The van der Waals surface area contributed by atoms with Gasteiger partial charge >= 0.3 is 12.0 Å². The summed E-state index contributed by atoms with van der Waals surface area (Å²) in [5.41, 5.74) is 0.0475. The average Bonchev–Trinajstić information content (AvgIpc) is 2.82. The fourth-order valence-electron chi connectivity index (χ4n) is 3.81. The number of para-hydroxylation sites is 1. The van der Waals surface area contributed by atoms with Gasteiger partial charge in [0.25, 0.3) is 0 Å². The third kappa shape index (κ3) is 2.70. The average molecular weight is 331 g/mol. The molecule has 3 amide bonds. The van der Waals surface area contributed by atoms with Crippen molar-refractivity contribution >= 4 is 23.6 Å². The zero-order chi connectivity index (χ0) is 17.3. The van der Waals surface area contributed by atoms with E-state index in [1.807, 2.05) is 30.3 Å². The lowest BCUT2D eigenvalue weighted by Gasteiger charge is -2.45. The Hall–Kier alpha value is -2.57. The zero-order valence-corrected chi connectivity index (χ0v) is 13.6. The minimum Gasteiger partial charge on any atom is -0.481 e. The number of carbonyl (C=O) groups is 3. The number of piperidine rings is 1. The molecule has 1 spiro atoms. The van der Waals surface area contributed by atoms with Crippen molar-refractivity contribution in [2.75, 3.05) is 25.5 Å². The molecule has 7 nitrogen and oxygen atoms in total. The van der Waals surface area contributed by atoms with Crippen molar-refractivity contribution in [2.45, 2.75) is 24.8 Å². The molecule has 2 aliphatic heterocycles. The number of nitrogens with one attached hydrogen (secondary N) is 1. The summed E-state index contributed by atoms with van der Waals surface area (Å²) in [5, 5.41) is 12.3. The molecule has 1 aromatic carbocycles. The van der Waals surface area contributed by atoms with Crippen molar-refractivity contribution in [2.24, 2.45) is 5.92 Å². The van der Waals surface area contributed by atoms with Gasteiger partial charge in [-0.1, -0.05) is 18.2 Å². The van der Waals surface area contributed by atoms with Crippen LogP contribution in [0.3, 0.4) is 0 Å². The van der Waals surface area contributed by atoms with E-state index >= 15 is 0 Å². The number of carboxylic acid groups (broad SMARTS) is 1. The van der Waals surface area contributed by atoms with Gasteiger partial charge in [-0.15, -0.1) is 0 Å². The lowest BCUT2D eigenvalue weighted by Crippen LogP contribution is -2.57. The predicted molar refractivity (Wildman–Crippen MR) is 87.5 cm³/mol. The minimum atomic E-state index is -0.935. The van der Waals surface area contributed by atoms with E-state index in [-0.39, 0.29) is 18.4 Å². The van der Waals surface area contributed by atoms with Gasteiger partial charge in [0.15, 0.2) is 0 Å². The van der Waals surface area contributed by atoms with Crippen LogP contribution in [0.2, 0.25) is 0 Å². The maximum Gasteiger partial charge on any atom is 0.321 e. The van der Waals surface area contributed by atoms with E-state index in [9.17, 15) is 19.5 Å². The highest BCUT2D eigenvalue weighted by molar-refractivity contribution is 5.90. The van der Waals surface area contributed by atoms with Crippen LogP contribution in [0.4, 0.5) is 10.5 Å². The molecule has 2 saturated heterocycles. The Morgan fingerprint density at radius 3 is 2.42 bits per heavy atom. The van der Waals surface area contributed by atoms with Crippen molar-refractivity contribution < 1.29 is 19.5 Å². The fourth-order valence-corrected chi connectivity index (χ4v) is 3.81. The second-order valence-electron chi connectivity index (χ2n) is 6.43. The van der Waals surface area contributed by atoms with Gasteiger partial charge in [-0.05, 0) is 25.0 Å². The molecule has 128 valence electrons. The second kappa shape index (κ2) is 6.14. The third-order valence-electron chi connectivity index (χ3n) is 5.31. The number of hydrogen-bond acceptors (Lipinski definition) is 3. The number of anilines is 1. The summed E-state index contributed by atoms with van der Waals surface area (Å²) in [6.45, 7) is 0.861. The largest absolute Gasteiger partial charge is 0.481 e. The number of nitrogens with zero attached hydrogens (tertiary/aromatic N) is 2. The van der Waals surface area contributed by atoms with Crippen molar-refractivity contribution in [3.63, 3.8) is 0 Å². The summed E-state index contributed by atoms with van der Waals surface area (Å²) in [6, 6.07) is 8.99. The van der Waals surface area contributed by atoms with Crippen molar-refractivity contribution in [1.82, 2.24) is 9.80 Å². The van der Waals surface area contributed by atoms with Crippen molar-refractivity contribution in [1.29, 1.82) is 0 Å². The van der Waals surface area contributed by atoms with E-state index in [2.05, 4.69) is 5.32 Å². The van der Waals surface area contributed by atoms with E-state index in [0.29, 0.717) is 25.9 Å². The normalized spacial score (nSPS) is 22.7. The molecule has 3 rings (SSSR count). The molecule has 0 bridgehead atoms. The molecule has 1 atom stereocenters. The molecule has 0 aromatic heterocycles. The van der Waals surface area contributed by atoms with Crippen LogP contribution in [0, 0.1) is 5.92 Å². The van der Waals surface area contributed by atoms with Crippen LogP contribution in [0.15, 0.2) is 30.3 Å². The predicted octanol–water partition coefficient (Wildman–Crippen LogP) is 1.62. The summed E-state index contributed by atoms with van der Waals surface area (Å²) >= 11 is 0. The first-order valence-corrected chi connectivity index (χ1v) is 8.04. The number of amides is 3. The number of aliphatic carboxylic acids is 1. The Labute approximate surface area is 140 Å². The molecule has 2 heterocycles. The molecular weight excluding hydrogens is 310 g/mol. The Morgan fingerprint density at radius 1 is 1.21 bits per heavy atom. The van der Waals surface area contributed by atoms with E-state index in [1.54, 1.807) is 16.8 Å². The Morgan fingerprint density at radius 2 is 1.83 bits per heavy atom. The van der Waals surface area contributed by atoms with Gasteiger partial charge in [-0.2, -0.15) is 0 Å². The van der Waals surface area contributed by atoms with Gasteiger partial charge in [0.2, 0.25) is 5.91 Å². The number of benzene rings is 1. The van der Waals surface area contributed by atoms with E-state index in [4.69, 9.17) is 0 Å². The SMILES string of the molecule is CN1C(=O)C[C@@H](C(=O)O)C12CCN(C(=O)Nc1ccccc1)CC2. The number of likely N-dealkylation sites (tertiary alicyclic amines) is 2. The molecule has 0 radical (unpaired) electrons. The van der Waals surface area contributed by atoms with Crippen LogP contribution < -0.4 is 5.32 Å². The topological polar surface area (TPSA) is 90.0 Å². The first-order valence-electron chi connectivity index (χ1n) is 8.04. The van der Waals surface area contributed by atoms with Gasteiger partial charge in [0.05, 0.1) is 11.5 Å². The van der Waals surface area contributed by atoms with Crippen LogP contribution >= 0.6 is 0 Å². The maximum atomic E-state index is 12.4. The van der Waals surface area contributed by atoms with Crippen LogP contribution in [-0.4, -0.2) is 58.5 Å². The molecule has 0 unspecified atom stereocenters. The lowest BCUT2D eigenvalue weighted by molar-refractivity contribution is -0.145. The Kier molecular flexibility index (Phi) is 4.17. The lowest BCUT2D eigenvalue weighted by atomic mass is 9.77. The molecule has 0 saturated carbocycles. The summed E-state index contributed by atoms with van der Waals surface area (Å²) in [4.78, 5) is 39.1. The van der Waals surface area contributed by atoms with Gasteiger partial charge in [-0.3, -0.25) is 9.59 Å². The quantitative estimate of drug-likeness (QED) is 0.861. The van der Waals surface area contributed by atoms with Crippen LogP contribution in [0.25, 0.3) is 0 Å². The molecule has 2 aliphatic rings. The molecular formula is C17H21N3O4. The van der Waals surface area contributed by atoms with Crippen molar-refractivity contribution in [3.8, 4) is 0 Å². The highest BCUT2D eigenvalue weighted by Crippen LogP contribution is 2.42. The number of urea groups is 1. The molecule has 1 aromatic rings. The first-order chi connectivity index (χ1) is 11.4. The first kappa shape index (κ1) is 16.3. The summed E-state index contributed by atoms with van der Waals surface area (Å²) < 4.78 is 0. The Bertz CT molecular complexity index is 653. The Balaban J connectivity index is 1.67. The van der Waals surface area contributed by atoms with Gasteiger partial charge in [0, 0.05) is 32.2 Å². The molecule has 2 N–H and O–H groups in total. The highest BCUT2D eigenvalue weighted by atomic mass is 16.4. The minimum absolute atomic E-state index is 0.0437. The molecule has 7 heteroatoms. The van der Waals surface area contributed by atoms with Crippen LogP contribution in [0.1, 0.15) is 19.3 Å². The second-order valence-corrected chi connectivity index (χ2v) is 6.43. The summed E-state index contributed by atoms with van der Waals surface area (Å²) in [5.74, 6) is -1.77.